The van der Waals surface area contributed by atoms with Crippen LogP contribution >= 0.6 is 0 Å². The summed E-state index contributed by atoms with van der Waals surface area (Å²) in [5.41, 5.74) is 1.39. The monoisotopic (exact) mass is 382 g/mol. The van der Waals surface area contributed by atoms with Crippen LogP contribution in [-0.2, 0) is 16.0 Å². The molecule has 2 heterocycles. The van der Waals surface area contributed by atoms with E-state index >= 15 is 0 Å². The van der Waals surface area contributed by atoms with Gasteiger partial charge in [0, 0.05) is 23.6 Å². The third kappa shape index (κ3) is 3.37. The van der Waals surface area contributed by atoms with Crippen molar-refractivity contribution in [2.75, 3.05) is 13.1 Å². The van der Waals surface area contributed by atoms with Gasteiger partial charge in [-0.1, -0.05) is 25.1 Å². The van der Waals surface area contributed by atoms with Gasteiger partial charge in [0.1, 0.15) is 12.1 Å². The first-order chi connectivity index (χ1) is 13.5. The predicted molar refractivity (Wildman–Crippen MR) is 106 cm³/mol. The molecule has 1 saturated heterocycles. The minimum absolute atomic E-state index is 0.226. The highest BCUT2D eigenvalue weighted by molar-refractivity contribution is 6.09. The smallest absolute Gasteiger partial charge is 0.325 e. The summed E-state index contributed by atoms with van der Waals surface area (Å²) in [4.78, 5) is 41.7. The standard InChI is InChI=1S/C21H26N4O3/c1-14-6-9-21(10-7-14)19(27)25(20(28)24-21)13-18(26)22-11-8-15-12-23-17-5-3-2-4-16(15)17/h2-5,12,14,23H,6-11,13H2,1H3,(H,22,26)(H,24,28). The van der Waals surface area contributed by atoms with E-state index in [1.165, 1.54) is 0 Å². The molecular weight excluding hydrogens is 356 g/mol. The van der Waals surface area contributed by atoms with E-state index in [1.807, 2.05) is 30.5 Å². The van der Waals surface area contributed by atoms with E-state index in [4.69, 9.17) is 0 Å². The molecule has 1 aliphatic heterocycles. The van der Waals surface area contributed by atoms with Gasteiger partial charge < -0.3 is 15.6 Å². The molecule has 2 fully saturated rings. The molecule has 1 aliphatic carbocycles. The van der Waals surface area contributed by atoms with Crippen LogP contribution in [0.15, 0.2) is 30.5 Å². The van der Waals surface area contributed by atoms with Crippen LogP contribution in [0, 0.1) is 5.92 Å². The molecule has 3 N–H and O–H groups in total. The van der Waals surface area contributed by atoms with Crippen LogP contribution in [0.3, 0.4) is 0 Å². The number of hydrogen-bond donors (Lipinski definition) is 3. The highest BCUT2D eigenvalue weighted by Crippen LogP contribution is 2.36. The molecule has 4 amide bonds. The van der Waals surface area contributed by atoms with E-state index in [1.54, 1.807) is 0 Å². The van der Waals surface area contributed by atoms with Crippen molar-refractivity contribution in [3.05, 3.63) is 36.0 Å². The van der Waals surface area contributed by atoms with E-state index in [2.05, 4.69) is 22.5 Å². The van der Waals surface area contributed by atoms with Gasteiger partial charge in [-0.3, -0.25) is 14.5 Å². The van der Waals surface area contributed by atoms with Gasteiger partial charge in [-0.15, -0.1) is 0 Å². The average molecular weight is 382 g/mol. The van der Waals surface area contributed by atoms with E-state index in [0.29, 0.717) is 31.7 Å². The number of benzene rings is 1. The van der Waals surface area contributed by atoms with Crippen LogP contribution in [0.2, 0.25) is 0 Å². The SMILES string of the molecule is CC1CCC2(CC1)NC(=O)N(CC(=O)NCCc1c[nH]c3ccccc13)C2=O. The minimum atomic E-state index is -0.798. The first kappa shape index (κ1) is 18.5. The lowest BCUT2D eigenvalue weighted by molar-refractivity contribution is -0.136. The number of imide groups is 1. The van der Waals surface area contributed by atoms with Gasteiger partial charge in [0.15, 0.2) is 0 Å². The second-order valence-electron chi connectivity index (χ2n) is 8.05. The molecule has 1 spiro atoms. The first-order valence-corrected chi connectivity index (χ1v) is 9.94. The highest BCUT2D eigenvalue weighted by Gasteiger charge is 2.52. The van der Waals surface area contributed by atoms with Crippen LogP contribution in [0.25, 0.3) is 10.9 Å². The summed E-state index contributed by atoms with van der Waals surface area (Å²) in [7, 11) is 0. The Morgan fingerprint density at radius 1 is 1.25 bits per heavy atom. The Labute approximate surface area is 163 Å². The highest BCUT2D eigenvalue weighted by atomic mass is 16.2. The quantitative estimate of drug-likeness (QED) is 0.693. The van der Waals surface area contributed by atoms with Crippen LogP contribution in [-0.4, -0.2) is 46.4 Å². The third-order valence-electron chi connectivity index (χ3n) is 6.07. The van der Waals surface area contributed by atoms with Gasteiger partial charge >= 0.3 is 6.03 Å². The third-order valence-corrected chi connectivity index (χ3v) is 6.07. The molecular formula is C21H26N4O3. The van der Waals surface area contributed by atoms with Gasteiger partial charge in [-0.05, 0) is 49.7 Å². The number of nitrogens with zero attached hydrogens (tertiary/aromatic N) is 1. The first-order valence-electron chi connectivity index (χ1n) is 9.94. The molecule has 1 aromatic carbocycles. The Hall–Kier alpha value is -2.83. The minimum Gasteiger partial charge on any atom is -0.361 e. The van der Waals surface area contributed by atoms with Crippen molar-refractivity contribution in [1.82, 2.24) is 20.5 Å². The predicted octanol–water partition coefficient (Wildman–Crippen LogP) is 2.33. The maximum absolute atomic E-state index is 12.8. The number of para-hydroxylation sites is 1. The van der Waals surface area contributed by atoms with Crippen molar-refractivity contribution in [3.63, 3.8) is 0 Å². The number of fused-ring (bicyclic) bond motifs is 1. The Bertz CT molecular complexity index is 911. The zero-order chi connectivity index (χ0) is 19.7. The van der Waals surface area contributed by atoms with E-state index in [0.717, 1.165) is 34.2 Å². The Balaban J connectivity index is 1.31. The molecule has 2 aromatic rings. The zero-order valence-corrected chi connectivity index (χ0v) is 16.1. The van der Waals surface area contributed by atoms with Gasteiger partial charge in [0.2, 0.25) is 5.91 Å². The molecule has 4 rings (SSSR count). The van der Waals surface area contributed by atoms with Crippen molar-refractivity contribution in [3.8, 4) is 0 Å². The Morgan fingerprint density at radius 3 is 2.79 bits per heavy atom. The number of aromatic nitrogens is 1. The molecule has 1 saturated carbocycles. The molecule has 7 heteroatoms. The maximum Gasteiger partial charge on any atom is 0.325 e. The van der Waals surface area contributed by atoms with Crippen LogP contribution < -0.4 is 10.6 Å². The van der Waals surface area contributed by atoms with Crippen LogP contribution in [0.4, 0.5) is 4.79 Å². The summed E-state index contributed by atoms with van der Waals surface area (Å²) in [5, 5.41) is 6.81. The number of rotatable bonds is 5. The summed E-state index contributed by atoms with van der Waals surface area (Å²) >= 11 is 0. The molecule has 0 unspecified atom stereocenters. The average Bonchev–Trinajstić information content (AvgIpc) is 3.19. The summed E-state index contributed by atoms with van der Waals surface area (Å²) in [6.07, 6.45) is 5.75. The van der Waals surface area contributed by atoms with Crippen molar-refractivity contribution >= 4 is 28.7 Å². The number of aromatic amines is 1. The number of carbonyl (C=O) groups is 3. The number of H-pyrrole nitrogens is 1. The van der Waals surface area contributed by atoms with E-state index in [9.17, 15) is 14.4 Å². The normalized spacial score (nSPS) is 24.8. The number of urea groups is 1. The molecule has 0 atom stereocenters. The van der Waals surface area contributed by atoms with E-state index < -0.39 is 11.6 Å². The fraction of sp³-hybridized carbons (Fsp3) is 0.476. The van der Waals surface area contributed by atoms with Gasteiger partial charge in [-0.25, -0.2) is 4.79 Å². The van der Waals surface area contributed by atoms with Crippen LogP contribution in [0.5, 0.6) is 0 Å². The fourth-order valence-electron chi connectivity index (χ4n) is 4.29. The maximum atomic E-state index is 12.8. The van der Waals surface area contributed by atoms with Gasteiger partial charge in [0.05, 0.1) is 0 Å². The lowest BCUT2D eigenvalue weighted by Crippen LogP contribution is -2.50. The second kappa shape index (κ2) is 7.30. The second-order valence-corrected chi connectivity index (χ2v) is 8.05. The summed E-state index contributed by atoms with van der Waals surface area (Å²) < 4.78 is 0. The summed E-state index contributed by atoms with van der Waals surface area (Å²) in [6.45, 7) is 2.38. The molecule has 0 radical (unpaired) electrons. The fourth-order valence-corrected chi connectivity index (χ4v) is 4.29. The molecule has 7 nitrogen and oxygen atoms in total. The number of nitrogens with one attached hydrogen (secondary N) is 3. The largest absolute Gasteiger partial charge is 0.361 e. The molecule has 2 aliphatic rings. The van der Waals surface area contributed by atoms with Crippen molar-refractivity contribution in [1.29, 1.82) is 0 Å². The van der Waals surface area contributed by atoms with Crippen molar-refractivity contribution in [2.45, 2.75) is 44.6 Å². The number of carbonyl (C=O) groups excluding carboxylic acids is 3. The van der Waals surface area contributed by atoms with Gasteiger partial charge in [-0.2, -0.15) is 0 Å². The van der Waals surface area contributed by atoms with E-state index in [-0.39, 0.29) is 18.4 Å². The Morgan fingerprint density at radius 2 is 2.00 bits per heavy atom. The Kier molecular flexibility index (Phi) is 4.83. The van der Waals surface area contributed by atoms with Crippen LogP contribution in [0.1, 0.15) is 38.2 Å². The number of hydrogen-bond acceptors (Lipinski definition) is 3. The summed E-state index contributed by atoms with van der Waals surface area (Å²) in [5.74, 6) is -0.00191. The molecule has 1 aromatic heterocycles. The lowest BCUT2D eigenvalue weighted by Gasteiger charge is -2.33. The number of amides is 4. The topological polar surface area (TPSA) is 94.3 Å². The molecule has 0 bridgehead atoms. The lowest BCUT2D eigenvalue weighted by atomic mass is 9.77. The molecule has 148 valence electrons. The van der Waals surface area contributed by atoms with Crippen molar-refractivity contribution in [2.24, 2.45) is 5.92 Å². The zero-order valence-electron chi connectivity index (χ0n) is 16.1. The van der Waals surface area contributed by atoms with Gasteiger partial charge in [0.25, 0.3) is 5.91 Å². The van der Waals surface area contributed by atoms with Crippen molar-refractivity contribution < 1.29 is 14.4 Å². The summed E-state index contributed by atoms with van der Waals surface area (Å²) in [6, 6.07) is 7.56. The molecule has 28 heavy (non-hydrogen) atoms.